The molecule has 0 heterocycles. The smallest absolute Gasteiger partial charge is 0.392 e. The second-order valence-corrected chi connectivity index (χ2v) is 4.53. The highest BCUT2D eigenvalue weighted by Gasteiger charge is 2.41. The molecule has 1 aromatic carbocycles. The maximum Gasteiger partial charge on any atom is 0.392 e. The monoisotopic (exact) mass is 290 g/mol. The van der Waals surface area contributed by atoms with E-state index in [1.807, 2.05) is 0 Å². The van der Waals surface area contributed by atoms with Crippen LogP contribution in [0.2, 0.25) is 0 Å². The van der Waals surface area contributed by atoms with E-state index in [4.69, 9.17) is 9.47 Å². The molecule has 1 atom stereocenters. The zero-order valence-corrected chi connectivity index (χ0v) is 11.6. The largest absolute Gasteiger partial charge is 0.462 e. The molecule has 0 fully saturated rings. The molecule has 0 bridgehead atoms. The molecule has 0 aromatic heterocycles. The quantitative estimate of drug-likeness (QED) is 0.776. The molecular formula is C14H17F3O3. The predicted octanol–water partition coefficient (Wildman–Crippen LogP) is 3.68. The lowest BCUT2D eigenvalue weighted by Crippen LogP contribution is -2.31. The zero-order chi connectivity index (χ0) is 15.4. The van der Waals surface area contributed by atoms with Gasteiger partial charge in [0.05, 0.1) is 24.2 Å². The molecule has 0 saturated heterocycles. The first-order valence-corrected chi connectivity index (χ1v) is 6.11. The van der Waals surface area contributed by atoms with Gasteiger partial charge in [-0.3, -0.25) is 0 Å². The third-order valence-electron chi connectivity index (χ3n) is 2.97. The van der Waals surface area contributed by atoms with E-state index in [9.17, 15) is 18.0 Å². The van der Waals surface area contributed by atoms with Crippen molar-refractivity contribution in [1.29, 1.82) is 0 Å². The van der Waals surface area contributed by atoms with Crippen molar-refractivity contribution in [2.45, 2.75) is 32.0 Å². The molecule has 20 heavy (non-hydrogen) atoms. The first-order valence-electron chi connectivity index (χ1n) is 6.11. The number of esters is 1. The van der Waals surface area contributed by atoms with E-state index in [-0.39, 0.29) is 17.7 Å². The summed E-state index contributed by atoms with van der Waals surface area (Å²) in [5.74, 6) is -0.570. The van der Waals surface area contributed by atoms with E-state index in [1.165, 1.54) is 38.3 Å². The molecule has 0 amide bonds. The molecule has 0 radical (unpaired) electrons. The van der Waals surface area contributed by atoms with Crippen molar-refractivity contribution in [3.8, 4) is 0 Å². The van der Waals surface area contributed by atoms with Crippen molar-refractivity contribution in [1.82, 2.24) is 0 Å². The van der Waals surface area contributed by atoms with Crippen LogP contribution in [0.5, 0.6) is 0 Å². The average Bonchev–Trinajstić information content (AvgIpc) is 2.37. The molecular weight excluding hydrogens is 273 g/mol. The number of hydrogen-bond acceptors (Lipinski definition) is 3. The predicted molar refractivity (Wildman–Crippen MR) is 67.4 cm³/mol. The summed E-state index contributed by atoms with van der Waals surface area (Å²) >= 11 is 0. The van der Waals surface area contributed by atoms with E-state index in [1.54, 1.807) is 6.92 Å². The molecule has 112 valence electrons. The van der Waals surface area contributed by atoms with Gasteiger partial charge in [-0.1, -0.05) is 12.1 Å². The molecule has 6 heteroatoms. The Morgan fingerprint density at radius 1 is 1.30 bits per heavy atom. The van der Waals surface area contributed by atoms with Crippen LogP contribution in [0.3, 0.4) is 0 Å². The van der Waals surface area contributed by atoms with Gasteiger partial charge in [-0.25, -0.2) is 4.79 Å². The molecule has 0 aliphatic rings. The Hall–Kier alpha value is -1.56. The lowest BCUT2D eigenvalue weighted by Gasteiger charge is -2.30. The third kappa shape index (κ3) is 4.23. The number of carbonyl (C=O) groups excluding carboxylic acids is 1. The fourth-order valence-corrected chi connectivity index (χ4v) is 1.86. The van der Waals surface area contributed by atoms with Crippen molar-refractivity contribution in [3.05, 3.63) is 35.4 Å². The Kier molecular flexibility index (Phi) is 5.16. The van der Waals surface area contributed by atoms with E-state index >= 15 is 0 Å². The van der Waals surface area contributed by atoms with Crippen molar-refractivity contribution in [2.75, 3.05) is 13.7 Å². The normalized spacial score (nSPS) is 14.7. The maximum atomic E-state index is 12.6. The number of ether oxygens (including phenoxy) is 2. The van der Waals surface area contributed by atoms with Crippen LogP contribution >= 0.6 is 0 Å². The third-order valence-corrected chi connectivity index (χ3v) is 2.97. The zero-order valence-electron chi connectivity index (χ0n) is 11.6. The Bertz CT molecular complexity index is 471. The van der Waals surface area contributed by atoms with E-state index in [2.05, 4.69) is 0 Å². The lowest BCUT2D eigenvalue weighted by atomic mass is 9.90. The van der Waals surface area contributed by atoms with Gasteiger partial charge in [0, 0.05) is 7.11 Å². The standard InChI is InChI=1S/C14H17F3O3/c1-4-20-12(18)10-6-5-7-11(8-10)13(2,19-3)9-14(15,16)17/h5-8H,4,9H2,1-3H3. The van der Waals surface area contributed by atoms with E-state index < -0.39 is 24.2 Å². The van der Waals surface area contributed by atoms with Crippen molar-refractivity contribution >= 4 is 5.97 Å². The van der Waals surface area contributed by atoms with Crippen LogP contribution in [0, 0.1) is 0 Å². The molecule has 1 rings (SSSR count). The van der Waals surface area contributed by atoms with Gasteiger partial charge in [-0.2, -0.15) is 13.2 Å². The van der Waals surface area contributed by atoms with Gasteiger partial charge in [0.15, 0.2) is 0 Å². The molecule has 0 aliphatic heterocycles. The summed E-state index contributed by atoms with van der Waals surface area (Å²) in [4.78, 5) is 11.6. The van der Waals surface area contributed by atoms with Gasteiger partial charge in [0.1, 0.15) is 0 Å². The minimum atomic E-state index is -4.37. The summed E-state index contributed by atoms with van der Waals surface area (Å²) in [6.45, 7) is 3.20. The Morgan fingerprint density at radius 3 is 2.45 bits per heavy atom. The molecule has 1 unspecified atom stereocenters. The summed E-state index contributed by atoms with van der Waals surface area (Å²) < 4.78 is 47.7. The summed E-state index contributed by atoms with van der Waals surface area (Å²) in [5, 5.41) is 0. The highest BCUT2D eigenvalue weighted by atomic mass is 19.4. The molecule has 3 nitrogen and oxygen atoms in total. The average molecular weight is 290 g/mol. The van der Waals surface area contributed by atoms with Gasteiger partial charge in [0.2, 0.25) is 0 Å². The summed E-state index contributed by atoms with van der Waals surface area (Å²) in [5.41, 5.74) is -1.06. The highest BCUT2D eigenvalue weighted by molar-refractivity contribution is 5.89. The van der Waals surface area contributed by atoms with Gasteiger partial charge in [-0.05, 0) is 31.5 Å². The minimum absolute atomic E-state index is 0.202. The van der Waals surface area contributed by atoms with Gasteiger partial charge >= 0.3 is 12.1 Å². The Morgan fingerprint density at radius 2 is 1.95 bits per heavy atom. The van der Waals surface area contributed by atoms with Crippen molar-refractivity contribution in [2.24, 2.45) is 0 Å². The van der Waals surface area contributed by atoms with Crippen LogP contribution in [-0.2, 0) is 15.1 Å². The summed E-state index contributed by atoms with van der Waals surface area (Å²) in [6, 6.07) is 5.87. The van der Waals surface area contributed by atoms with Crippen LogP contribution in [-0.4, -0.2) is 25.9 Å². The first kappa shape index (κ1) is 16.5. The first-order chi connectivity index (χ1) is 9.22. The molecule has 0 N–H and O–H groups in total. The van der Waals surface area contributed by atoms with Gasteiger partial charge in [0.25, 0.3) is 0 Å². The van der Waals surface area contributed by atoms with Crippen LogP contribution in [0.15, 0.2) is 24.3 Å². The summed E-state index contributed by atoms with van der Waals surface area (Å²) in [6.07, 6.45) is -5.51. The van der Waals surface area contributed by atoms with Crippen LogP contribution in [0.4, 0.5) is 13.2 Å². The lowest BCUT2D eigenvalue weighted by molar-refractivity contribution is -0.181. The maximum absolute atomic E-state index is 12.6. The number of methoxy groups -OCH3 is 1. The van der Waals surface area contributed by atoms with Gasteiger partial charge < -0.3 is 9.47 Å². The molecule has 0 aliphatic carbocycles. The van der Waals surface area contributed by atoms with E-state index in [0.29, 0.717) is 0 Å². The van der Waals surface area contributed by atoms with Gasteiger partial charge in [-0.15, -0.1) is 0 Å². The van der Waals surface area contributed by atoms with Crippen LogP contribution in [0.1, 0.15) is 36.2 Å². The second kappa shape index (κ2) is 6.26. The topological polar surface area (TPSA) is 35.5 Å². The second-order valence-electron chi connectivity index (χ2n) is 4.53. The van der Waals surface area contributed by atoms with Crippen LogP contribution in [0.25, 0.3) is 0 Å². The molecule has 0 saturated carbocycles. The fraction of sp³-hybridized carbons (Fsp3) is 0.500. The van der Waals surface area contributed by atoms with E-state index in [0.717, 1.165) is 0 Å². The van der Waals surface area contributed by atoms with Crippen molar-refractivity contribution < 1.29 is 27.4 Å². The van der Waals surface area contributed by atoms with Crippen LogP contribution < -0.4 is 0 Å². The molecule has 0 spiro atoms. The summed E-state index contributed by atoms with van der Waals surface area (Å²) in [7, 11) is 1.21. The minimum Gasteiger partial charge on any atom is -0.462 e. The Balaban J connectivity index is 3.10. The fourth-order valence-electron chi connectivity index (χ4n) is 1.86. The number of hydrogen-bond donors (Lipinski definition) is 0. The molecule has 1 aromatic rings. The number of halogens is 3. The Labute approximate surface area is 115 Å². The number of carbonyl (C=O) groups is 1. The number of rotatable bonds is 5. The number of alkyl halides is 3. The highest BCUT2D eigenvalue weighted by Crippen LogP contribution is 2.37. The number of benzene rings is 1. The van der Waals surface area contributed by atoms with Crippen molar-refractivity contribution in [3.63, 3.8) is 0 Å². The SMILES string of the molecule is CCOC(=O)c1cccc(C(C)(CC(F)(F)F)OC)c1.